The molecule has 15 rings (SSSR count). The first-order chi connectivity index (χ1) is 36.7. The fourth-order valence-corrected chi connectivity index (χ4v) is 11.6. The lowest BCUT2D eigenvalue weighted by molar-refractivity contribution is 0.953. The first-order valence-electron chi connectivity index (χ1n) is 25.2. The molecule has 0 saturated heterocycles. The second-order valence-electron chi connectivity index (χ2n) is 19.1. The zero-order valence-electron chi connectivity index (χ0n) is 40.1. The lowest BCUT2D eigenvalue weighted by Gasteiger charge is -2.15. The summed E-state index contributed by atoms with van der Waals surface area (Å²) in [5.41, 5.74) is 13.9. The van der Waals surface area contributed by atoms with Crippen LogP contribution in [-0.2, 0) is 0 Å². The van der Waals surface area contributed by atoms with Crippen molar-refractivity contribution in [2.24, 2.45) is 0 Å². The molecule has 0 amide bonds. The van der Waals surface area contributed by atoms with Gasteiger partial charge in [0.25, 0.3) is 0 Å². The number of hydrogen-bond donors (Lipinski definition) is 0. The standard InChI is InChI=1S/C69H43N5/c1-4-19-44(20-5-1)46-35-37-47(38-36-46)67-70-68(50-24-18-23-48(41-50)45-21-6-2-7-22-45)72-69(71-67)74-62-33-16-14-31-57(62)61-43-59(64-58-32-15-17-34-63(58)73(66(64)65(61)74)51-25-8-3-9-26-51)49-39-40-56-54-29-11-10-27-52(54)53-28-12-13-30-55(53)60(56)42-49/h1-43H. The summed E-state index contributed by atoms with van der Waals surface area (Å²) in [5.74, 6) is 1.72. The lowest BCUT2D eigenvalue weighted by Crippen LogP contribution is -2.07. The van der Waals surface area contributed by atoms with Crippen molar-refractivity contribution in [3.05, 3.63) is 261 Å². The van der Waals surface area contributed by atoms with E-state index in [0.29, 0.717) is 17.6 Å². The van der Waals surface area contributed by atoms with Crippen LogP contribution in [0, 0.1) is 0 Å². The maximum atomic E-state index is 5.53. The van der Waals surface area contributed by atoms with Crippen molar-refractivity contribution in [1.82, 2.24) is 24.1 Å². The molecule has 0 bridgehead atoms. The van der Waals surface area contributed by atoms with Crippen LogP contribution in [0.1, 0.15) is 0 Å². The first kappa shape index (κ1) is 41.8. The molecule has 0 aliphatic heterocycles. The van der Waals surface area contributed by atoms with Gasteiger partial charge in [0.2, 0.25) is 5.95 Å². The Morgan fingerprint density at radius 3 is 1.36 bits per heavy atom. The molecule has 0 N–H and O–H groups in total. The zero-order valence-corrected chi connectivity index (χ0v) is 40.1. The van der Waals surface area contributed by atoms with E-state index in [1.54, 1.807) is 0 Å². The van der Waals surface area contributed by atoms with E-state index < -0.39 is 0 Å². The Morgan fingerprint density at radius 1 is 0.243 bits per heavy atom. The molecule has 0 aliphatic rings. The quantitative estimate of drug-likeness (QED) is 0.150. The summed E-state index contributed by atoms with van der Waals surface area (Å²) in [6.45, 7) is 0. The summed E-state index contributed by atoms with van der Waals surface area (Å²) < 4.78 is 4.74. The van der Waals surface area contributed by atoms with Crippen molar-refractivity contribution >= 4 is 75.9 Å². The van der Waals surface area contributed by atoms with Crippen LogP contribution in [0.15, 0.2) is 261 Å². The van der Waals surface area contributed by atoms with Crippen LogP contribution in [-0.4, -0.2) is 24.1 Å². The normalized spacial score (nSPS) is 11.8. The van der Waals surface area contributed by atoms with Gasteiger partial charge in [0, 0.05) is 38.4 Å². The molecule has 0 radical (unpaired) electrons. The van der Waals surface area contributed by atoms with Gasteiger partial charge in [-0.2, -0.15) is 9.97 Å². The number of fused-ring (bicyclic) bond motifs is 13. The summed E-state index contributed by atoms with van der Waals surface area (Å²) in [5, 5.41) is 12.0. The number of benzene rings is 12. The highest BCUT2D eigenvalue weighted by molar-refractivity contribution is 6.30. The van der Waals surface area contributed by atoms with Crippen molar-refractivity contribution in [2.45, 2.75) is 0 Å². The predicted octanol–water partition coefficient (Wildman–Crippen LogP) is 17.9. The van der Waals surface area contributed by atoms with E-state index in [-0.39, 0.29) is 0 Å². The van der Waals surface area contributed by atoms with Crippen molar-refractivity contribution < 1.29 is 0 Å². The maximum absolute atomic E-state index is 5.53. The summed E-state index contributed by atoms with van der Waals surface area (Å²) in [7, 11) is 0. The Kier molecular flexibility index (Phi) is 9.50. The molecule has 15 aromatic rings. The average Bonchev–Trinajstić information content (AvgIpc) is 4.02. The number of hydrogen-bond acceptors (Lipinski definition) is 3. The highest BCUT2D eigenvalue weighted by Gasteiger charge is 2.26. The Morgan fingerprint density at radius 2 is 0.703 bits per heavy atom. The van der Waals surface area contributed by atoms with E-state index >= 15 is 0 Å². The van der Waals surface area contributed by atoms with Gasteiger partial charge in [0.15, 0.2) is 11.6 Å². The highest BCUT2D eigenvalue weighted by atomic mass is 15.2. The molecule has 3 heterocycles. The molecule has 3 aromatic heterocycles. The molecular weight excluding hydrogens is 899 g/mol. The van der Waals surface area contributed by atoms with Crippen LogP contribution in [0.4, 0.5) is 0 Å². The molecule has 5 nitrogen and oxygen atoms in total. The summed E-state index contributed by atoms with van der Waals surface area (Å²) in [6.07, 6.45) is 0. The van der Waals surface area contributed by atoms with Crippen LogP contribution in [0.25, 0.3) is 144 Å². The van der Waals surface area contributed by atoms with Crippen molar-refractivity contribution in [1.29, 1.82) is 0 Å². The molecule has 0 unspecified atom stereocenters. The number of rotatable bonds is 7. The maximum Gasteiger partial charge on any atom is 0.238 e. The second kappa shape index (κ2) is 16.8. The third-order valence-electron chi connectivity index (χ3n) is 14.9. The fraction of sp³-hybridized carbons (Fsp3) is 0. The average molecular weight is 942 g/mol. The molecule has 74 heavy (non-hydrogen) atoms. The van der Waals surface area contributed by atoms with Gasteiger partial charge < -0.3 is 4.57 Å². The molecule has 12 aromatic carbocycles. The van der Waals surface area contributed by atoms with E-state index in [1.807, 2.05) is 6.07 Å². The summed E-state index contributed by atoms with van der Waals surface area (Å²) in [4.78, 5) is 16.4. The number of aromatic nitrogens is 5. The van der Waals surface area contributed by atoms with E-state index in [0.717, 1.165) is 93.8 Å². The van der Waals surface area contributed by atoms with Gasteiger partial charge in [-0.05, 0) is 108 Å². The number of para-hydroxylation sites is 3. The van der Waals surface area contributed by atoms with Crippen molar-refractivity contribution in [3.8, 4) is 67.8 Å². The monoisotopic (exact) mass is 941 g/mol. The van der Waals surface area contributed by atoms with E-state index in [9.17, 15) is 0 Å². The molecule has 344 valence electrons. The lowest BCUT2D eigenvalue weighted by atomic mass is 9.90. The van der Waals surface area contributed by atoms with Gasteiger partial charge in [-0.3, -0.25) is 4.57 Å². The largest absolute Gasteiger partial charge is 0.307 e. The Balaban J connectivity index is 1.06. The third kappa shape index (κ3) is 6.60. The Labute approximate surface area is 426 Å². The van der Waals surface area contributed by atoms with Crippen molar-refractivity contribution in [2.75, 3.05) is 0 Å². The number of nitrogens with zero attached hydrogens (tertiary/aromatic N) is 5. The molecule has 0 atom stereocenters. The second-order valence-corrected chi connectivity index (χ2v) is 19.1. The zero-order chi connectivity index (χ0) is 48.7. The van der Waals surface area contributed by atoms with Gasteiger partial charge >= 0.3 is 0 Å². The molecule has 0 aliphatic carbocycles. The van der Waals surface area contributed by atoms with E-state index in [2.05, 4.69) is 264 Å². The molecule has 0 saturated carbocycles. The van der Waals surface area contributed by atoms with Crippen LogP contribution in [0.2, 0.25) is 0 Å². The molecule has 0 spiro atoms. The van der Waals surface area contributed by atoms with E-state index in [1.165, 1.54) is 32.3 Å². The van der Waals surface area contributed by atoms with Gasteiger partial charge in [-0.15, -0.1) is 0 Å². The molecule has 5 heteroatoms. The predicted molar refractivity (Wildman–Crippen MR) is 308 cm³/mol. The minimum atomic E-state index is 0.538. The molecular formula is C69H43N5. The van der Waals surface area contributed by atoms with Gasteiger partial charge in [0.05, 0.1) is 22.1 Å². The first-order valence-corrected chi connectivity index (χ1v) is 25.2. The molecule has 0 fully saturated rings. The topological polar surface area (TPSA) is 48.5 Å². The minimum Gasteiger partial charge on any atom is -0.307 e. The van der Waals surface area contributed by atoms with Crippen LogP contribution in [0.5, 0.6) is 0 Å². The summed E-state index contributed by atoms with van der Waals surface area (Å²) in [6, 6.07) is 93.6. The Hall–Kier alpha value is -9.97. The highest BCUT2D eigenvalue weighted by Crippen LogP contribution is 2.47. The van der Waals surface area contributed by atoms with Crippen LogP contribution in [0.3, 0.4) is 0 Å². The van der Waals surface area contributed by atoms with Crippen LogP contribution >= 0.6 is 0 Å². The Bertz CT molecular complexity index is 4650. The van der Waals surface area contributed by atoms with Gasteiger partial charge in [-0.1, -0.05) is 218 Å². The van der Waals surface area contributed by atoms with Crippen molar-refractivity contribution in [3.63, 3.8) is 0 Å². The SMILES string of the molecule is c1ccc(-c2ccc(-c3nc(-c4cccc(-c5ccccc5)c4)nc(-n4c5ccccc5c5cc(-c6ccc7c8ccccc8c8ccccc8c7c6)c6c7ccccc7n(-c7ccccc7)c6c54)n3)cc2)cc1. The van der Waals surface area contributed by atoms with Gasteiger partial charge in [0.1, 0.15) is 0 Å². The summed E-state index contributed by atoms with van der Waals surface area (Å²) >= 11 is 0. The smallest absolute Gasteiger partial charge is 0.238 e. The van der Waals surface area contributed by atoms with Crippen LogP contribution < -0.4 is 0 Å². The van der Waals surface area contributed by atoms with E-state index in [4.69, 9.17) is 15.0 Å². The minimum absolute atomic E-state index is 0.538. The fourth-order valence-electron chi connectivity index (χ4n) is 11.6. The van der Waals surface area contributed by atoms with Gasteiger partial charge in [-0.25, -0.2) is 4.98 Å². The third-order valence-corrected chi connectivity index (χ3v) is 14.9.